The van der Waals surface area contributed by atoms with Crippen molar-refractivity contribution in [2.45, 2.75) is 0 Å². The molecule has 1 aliphatic rings. The number of nitrogens with zero attached hydrogens (tertiary/aromatic N) is 5. The number of rotatable bonds is 2. The Bertz CT molecular complexity index is 660. The summed E-state index contributed by atoms with van der Waals surface area (Å²) in [5.74, 6) is 0.336. The van der Waals surface area contributed by atoms with Crippen LogP contribution in [0.2, 0.25) is 0 Å². The number of benzene rings is 1. The third-order valence-electron chi connectivity index (χ3n) is 3.53. The molecule has 0 amide bonds. The highest BCUT2D eigenvalue weighted by Crippen LogP contribution is 2.23. The molecule has 0 aliphatic carbocycles. The van der Waals surface area contributed by atoms with Crippen molar-refractivity contribution in [3.05, 3.63) is 48.0 Å². The van der Waals surface area contributed by atoms with Crippen LogP contribution in [0.3, 0.4) is 0 Å². The van der Waals surface area contributed by atoms with E-state index in [0.717, 1.165) is 37.8 Å². The first-order valence-corrected chi connectivity index (χ1v) is 6.74. The van der Waals surface area contributed by atoms with Gasteiger partial charge in [0.2, 0.25) is 5.95 Å². The minimum Gasteiger partial charge on any atom is -0.367 e. The number of nitriles is 1. The molecule has 1 aromatic heterocycles. The van der Waals surface area contributed by atoms with E-state index in [1.807, 2.05) is 0 Å². The molecule has 1 fully saturated rings. The van der Waals surface area contributed by atoms with Gasteiger partial charge in [-0.1, -0.05) is 0 Å². The van der Waals surface area contributed by atoms with Crippen LogP contribution >= 0.6 is 0 Å². The fraction of sp³-hybridized carbons (Fsp3) is 0.267. The van der Waals surface area contributed by atoms with E-state index in [2.05, 4.69) is 25.8 Å². The van der Waals surface area contributed by atoms with Crippen LogP contribution in [0.25, 0.3) is 0 Å². The van der Waals surface area contributed by atoms with Crippen LogP contribution in [0.15, 0.2) is 36.7 Å². The molecular formula is C15H14FN5. The zero-order valence-electron chi connectivity index (χ0n) is 11.4. The molecule has 0 radical (unpaired) electrons. The lowest BCUT2D eigenvalue weighted by Crippen LogP contribution is -2.47. The molecule has 1 saturated heterocycles. The van der Waals surface area contributed by atoms with Crippen LogP contribution in [0.4, 0.5) is 16.0 Å². The predicted molar refractivity (Wildman–Crippen MR) is 77.6 cm³/mol. The molecule has 2 heterocycles. The van der Waals surface area contributed by atoms with Crippen molar-refractivity contribution >= 4 is 11.6 Å². The zero-order valence-corrected chi connectivity index (χ0v) is 11.4. The van der Waals surface area contributed by atoms with Gasteiger partial charge in [0.05, 0.1) is 11.3 Å². The topological polar surface area (TPSA) is 56.1 Å². The van der Waals surface area contributed by atoms with Crippen molar-refractivity contribution in [3.63, 3.8) is 0 Å². The summed E-state index contributed by atoms with van der Waals surface area (Å²) in [7, 11) is 0. The Morgan fingerprint density at radius 1 is 1.05 bits per heavy atom. The number of anilines is 2. The number of hydrogen-bond donors (Lipinski definition) is 0. The van der Waals surface area contributed by atoms with E-state index in [4.69, 9.17) is 5.26 Å². The molecule has 0 spiro atoms. The number of aromatic nitrogens is 2. The average Bonchev–Trinajstić information content (AvgIpc) is 2.56. The monoisotopic (exact) mass is 283 g/mol. The number of hydrogen-bond acceptors (Lipinski definition) is 5. The third-order valence-corrected chi connectivity index (χ3v) is 3.53. The Kier molecular flexibility index (Phi) is 3.65. The fourth-order valence-corrected chi connectivity index (χ4v) is 2.48. The van der Waals surface area contributed by atoms with Gasteiger partial charge < -0.3 is 9.80 Å². The molecule has 106 valence electrons. The van der Waals surface area contributed by atoms with E-state index in [-0.39, 0.29) is 5.82 Å². The molecule has 0 N–H and O–H groups in total. The summed E-state index contributed by atoms with van der Waals surface area (Å²) in [6.45, 7) is 3.04. The summed E-state index contributed by atoms with van der Waals surface area (Å²) in [6.07, 6.45) is 3.45. The van der Waals surface area contributed by atoms with E-state index in [9.17, 15) is 4.39 Å². The first kappa shape index (κ1) is 13.3. The summed E-state index contributed by atoms with van der Waals surface area (Å²) in [4.78, 5) is 12.7. The lowest BCUT2D eigenvalue weighted by Gasteiger charge is -2.36. The van der Waals surface area contributed by atoms with Crippen molar-refractivity contribution in [2.24, 2.45) is 0 Å². The first-order chi connectivity index (χ1) is 10.3. The third kappa shape index (κ3) is 2.77. The van der Waals surface area contributed by atoms with Gasteiger partial charge >= 0.3 is 0 Å². The van der Waals surface area contributed by atoms with Crippen molar-refractivity contribution in [1.82, 2.24) is 9.97 Å². The Balaban J connectivity index is 1.73. The van der Waals surface area contributed by atoms with Gasteiger partial charge in [-0.2, -0.15) is 5.26 Å². The van der Waals surface area contributed by atoms with Crippen LogP contribution < -0.4 is 9.80 Å². The van der Waals surface area contributed by atoms with Crippen LogP contribution in [0.5, 0.6) is 0 Å². The molecule has 3 rings (SSSR count). The average molecular weight is 283 g/mol. The Hall–Kier alpha value is -2.68. The summed E-state index contributed by atoms with van der Waals surface area (Å²) in [5.41, 5.74) is 1.16. The molecule has 0 saturated carbocycles. The van der Waals surface area contributed by atoms with Crippen molar-refractivity contribution < 1.29 is 4.39 Å². The first-order valence-electron chi connectivity index (χ1n) is 6.74. The van der Waals surface area contributed by atoms with Crippen LogP contribution in [0.1, 0.15) is 5.56 Å². The number of piperazine rings is 1. The standard InChI is InChI=1S/C15H14FN5/c16-13-2-3-14(12(10-13)11-17)20-6-8-21(9-7-20)15-18-4-1-5-19-15/h1-5,10H,6-9H2. The lowest BCUT2D eigenvalue weighted by molar-refractivity contribution is 0.622. The quantitative estimate of drug-likeness (QED) is 0.841. The fourth-order valence-electron chi connectivity index (χ4n) is 2.48. The van der Waals surface area contributed by atoms with Gasteiger partial charge in [-0.3, -0.25) is 0 Å². The lowest BCUT2D eigenvalue weighted by atomic mass is 10.1. The smallest absolute Gasteiger partial charge is 0.225 e. The van der Waals surface area contributed by atoms with Gasteiger partial charge in [0, 0.05) is 38.6 Å². The van der Waals surface area contributed by atoms with Gasteiger partial charge in [0.1, 0.15) is 11.9 Å². The van der Waals surface area contributed by atoms with Crippen molar-refractivity contribution in [2.75, 3.05) is 36.0 Å². The zero-order chi connectivity index (χ0) is 14.7. The van der Waals surface area contributed by atoms with Crippen LogP contribution in [-0.2, 0) is 0 Å². The molecule has 0 bridgehead atoms. The van der Waals surface area contributed by atoms with E-state index in [0.29, 0.717) is 5.56 Å². The molecule has 21 heavy (non-hydrogen) atoms. The molecule has 5 nitrogen and oxygen atoms in total. The predicted octanol–water partition coefficient (Wildman–Crippen LogP) is 1.81. The van der Waals surface area contributed by atoms with E-state index >= 15 is 0 Å². The highest BCUT2D eigenvalue weighted by Gasteiger charge is 2.20. The second-order valence-electron chi connectivity index (χ2n) is 4.80. The molecule has 0 atom stereocenters. The highest BCUT2D eigenvalue weighted by molar-refractivity contribution is 5.60. The molecule has 1 aliphatic heterocycles. The van der Waals surface area contributed by atoms with Gasteiger partial charge in [0.25, 0.3) is 0 Å². The van der Waals surface area contributed by atoms with E-state index in [1.165, 1.54) is 12.1 Å². The molecule has 2 aromatic rings. The second-order valence-corrected chi connectivity index (χ2v) is 4.80. The Morgan fingerprint density at radius 3 is 2.38 bits per heavy atom. The second kappa shape index (κ2) is 5.75. The van der Waals surface area contributed by atoms with Crippen molar-refractivity contribution in [1.29, 1.82) is 5.26 Å². The number of halogens is 1. The van der Waals surface area contributed by atoms with Crippen LogP contribution in [0, 0.1) is 17.1 Å². The maximum Gasteiger partial charge on any atom is 0.225 e. The molecule has 6 heteroatoms. The SMILES string of the molecule is N#Cc1cc(F)ccc1N1CCN(c2ncccn2)CC1. The van der Waals surface area contributed by atoms with Gasteiger partial charge in [-0.25, -0.2) is 14.4 Å². The molecule has 1 aromatic carbocycles. The molecular weight excluding hydrogens is 269 g/mol. The maximum atomic E-state index is 13.2. The van der Waals surface area contributed by atoms with Crippen molar-refractivity contribution in [3.8, 4) is 6.07 Å². The van der Waals surface area contributed by atoms with E-state index < -0.39 is 0 Å². The largest absolute Gasteiger partial charge is 0.367 e. The summed E-state index contributed by atoms with van der Waals surface area (Å²) in [5, 5.41) is 9.13. The van der Waals surface area contributed by atoms with Gasteiger partial charge in [-0.15, -0.1) is 0 Å². The van der Waals surface area contributed by atoms with E-state index in [1.54, 1.807) is 24.5 Å². The summed E-state index contributed by atoms with van der Waals surface area (Å²) < 4.78 is 13.2. The Labute approximate surface area is 122 Å². The summed E-state index contributed by atoms with van der Waals surface area (Å²) >= 11 is 0. The highest BCUT2D eigenvalue weighted by atomic mass is 19.1. The minimum absolute atomic E-state index is 0.374. The van der Waals surface area contributed by atoms with Crippen LogP contribution in [-0.4, -0.2) is 36.1 Å². The normalized spacial score (nSPS) is 14.9. The minimum atomic E-state index is -0.383. The summed E-state index contributed by atoms with van der Waals surface area (Å²) in [6, 6.07) is 8.19. The maximum absolute atomic E-state index is 13.2. The molecule has 0 unspecified atom stereocenters. The Morgan fingerprint density at radius 2 is 1.71 bits per heavy atom. The van der Waals surface area contributed by atoms with Gasteiger partial charge in [0.15, 0.2) is 0 Å². The van der Waals surface area contributed by atoms with Gasteiger partial charge in [-0.05, 0) is 24.3 Å².